The number of rotatable bonds is 2. The van der Waals surface area contributed by atoms with Crippen molar-refractivity contribution < 1.29 is 14.3 Å². The Morgan fingerprint density at radius 2 is 1.73 bits per heavy atom. The molecule has 1 saturated carbocycles. The molecule has 1 aliphatic carbocycles. The summed E-state index contributed by atoms with van der Waals surface area (Å²) >= 11 is 0. The van der Waals surface area contributed by atoms with Gasteiger partial charge in [-0.3, -0.25) is 9.59 Å². The minimum Gasteiger partial charge on any atom is -0.468 e. The molecular weight excluding hydrogens is 192 g/mol. The lowest BCUT2D eigenvalue weighted by Crippen LogP contribution is -2.52. The fourth-order valence-electron chi connectivity index (χ4n) is 2.19. The van der Waals surface area contributed by atoms with Crippen LogP contribution in [-0.4, -0.2) is 18.9 Å². The van der Waals surface area contributed by atoms with Gasteiger partial charge in [-0.25, -0.2) is 0 Å². The highest BCUT2D eigenvalue weighted by Crippen LogP contribution is 2.54. The van der Waals surface area contributed by atoms with Gasteiger partial charge in [0.05, 0.1) is 7.11 Å². The van der Waals surface area contributed by atoms with Crippen LogP contribution in [0.4, 0.5) is 0 Å². The molecule has 3 heteroatoms. The van der Waals surface area contributed by atoms with Gasteiger partial charge in [0.1, 0.15) is 11.2 Å². The van der Waals surface area contributed by atoms with E-state index < -0.39 is 5.41 Å². The maximum absolute atomic E-state index is 11.6. The minimum absolute atomic E-state index is 0.0603. The molecule has 0 aliphatic heterocycles. The molecule has 1 rings (SSSR count). The minimum atomic E-state index is -0.841. The van der Waals surface area contributed by atoms with Crippen molar-refractivity contribution in [2.45, 2.75) is 40.5 Å². The van der Waals surface area contributed by atoms with Gasteiger partial charge in [-0.15, -0.1) is 0 Å². The molecule has 0 heterocycles. The van der Waals surface area contributed by atoms with Crippen LogP contribution < -0.4 is 0 Å². The van der Waals surface area contributed by atoms with Crippen molar-refractivity contribution in [3.63, 3.8) is 0 Å². The van der Waals surface area contributed by atoms with Crippen molar-refractivity contribution in [2.75, 3.05) is 7.11 Å². The lowest BCUT2D eigenvalue weighted by atomic mass is 9.53. The second kappa shape index (κ2) is 3.62. The summed E-state index contributed by atoms with van der Waals surface area (Å²) in [5.41, 5.74) is -0.681. The maximum Gasteiger partial charge on any atom is 0.319 e. The van der Waals surface area contributed by atoms with Crippen LogP contribution in [0.15, 0.2) is 0 Å². The first-order valence-corrected chi connectivity index (χ1v) is 5.33. The van der Waals surface area contributed by atoms with Crippen LogP contribution in [0.3, 0.4) is 0 Å². The Bertz CT molecular complexity index is 280. The second-order valence-electron chi connectivity index (χ2n) is 5.60. The first-order chi connectivity index (χ1) is 6.74. The number of hydrogen-bond acceptors (Lipinski definition) is 3. The van der Waals surface area contributed by atoms with Crippen LogP contribution in [0.2, 0.25) is 0 Å². The zero-order chi connectivity index (χ0) is 11.9. The molecule has 15 heavy (non-hydrogen) atoms. The molecule has 0 unspecified atom stereocenters. The highest BCUT2D eigenvalue weighted by molar-refractivity contribution is 6.03. The molecule has 1 fully saturated rings. The monoisotopic (exact) mass is 212 g/mol. The normalized spacial score (nSPS) is 30.6. The molecule has 0 aromatic heterocycles. The Balaban J connectivity index is 2.78. The second-order valence-corrected chi connectivity index (χ2v) is 5.60. The van der Waals surface area contributed by atoms with E-state index in [2.05, 4.69) is 20.8 Å². The zero-order valence-electron chi connectivity index (χ0n) is 10.2. The van der Waals surface area contributed by atoms with E-state index in [9.17, 15) is 9.59 Å². The van der Waals surface area contributed by atoms with Crippen LogP contribution in [0, 0.1) is 16.7 Å². The summed E-state index contributed by atoms with van der Waals surface area (Å²) in [5, 5.41) is 0. The summed E-state index contributed by atoms with van der Waals surface area (Å²) < 4.78 is 4.72. The van der Waals surface area contributed by atoms with Crippen molar-refractivity contribution in [2.24, 2.45) is 16.7 Å². The Morgan fingerprint density at radius 1 is 1.27 bits per heavy atom. The van der Waals surface area contributed by atoms with Crippen molar-refractivity contribution >= 4 is 11.8 Å². The van der Waals surface area contributed by atoms with E-state index in [1.54, 1.807) is 0 Å². The molecular formula is C12H20O3. The van der Waals surface area contributed by atoms with Gasteiger partial charge in [0.2, 0.25) is 0 Å². The van der Waals surface area contributed by atoms with E-state index >= 15 is 0 Å². The third-order valence-electron chi connectivity index (χ3n) is 3.66. The van der Waals surface area contributed by atoms with E-state index in [1.807, 2.05) is 0 Å². The molecule has 0 radical (unpaired) electrons. The zero-order valence-corrected chi connectivity index (χ0v) is 10.2. The fourth-order valence-corrected chi connectivity index (χ4v) is 2.19. The Labute approximate surface area is 91.2 Å². The SMILES string of the molecule is COC(=O)C1(C(C)=O)CC(C(C)(C)C)C1. The van der Waals surface area contributed by atoms with Crippen molar-refractivity contribution in [1.82, 2.24) is 0 Å². The van der Waals surface area contributed by atoms with Crippen LogP contribution in [0.5, 0.6) is 0 Å². The predicted molar refractivity (Wildman–Crippen MR) is 57.3 cm³/mol. The molecule has 0 aromatic carbocycles. The number of methoxy groups -OCH3 is 1. The summed E-state index contributed by atoms with van der Waals surface area (Å²) in [4.78, 5) is 23.1. The standard InChI is InChI=1S/C12H20O3/c1-8(13)12(10(14)15-5)6-9(7-12)11(2,3)4/h9H,6-7H2,1-5H3. The number of ether oxygens (including phenoxy) is 1. The Kier molecular flexibility index (Phi) is 2.94. The lowest BCUT2D eigenvalue weighted by molar-refractivity contribution is -0.170. The molecule has 0 spiro atoms. The van der Waals surface area contributed by atoms with E-state index in [1.165, 1.54) is 14.0 Å². The summed E-state index contributed by atoms with van der Waals surface area (Å²) in [6.07, 6.45) is 1.27. The first kappa shape index (κ1) is 12.2. The average Bonchev–Trinajstić information content (AvgIpc) is 1.98. The molecule has 86 valence electrons. The Hall–Kier alpha value is -0.860. The first-order valence-electron chi connectivity index (χ1n) is 5.33. The van der Waals surface area contributed by atoms with Crippen molar-refractivity contribution in [3.05, 3.63) is 0 Å². The highest BCUT2D eigenvalue weighted by atomic mass is 16.5. The van der Waals surface area contributed by atoms with Gasteiger partial charge in [0.25, 0.3) is 0 Å². The summed E-state index contributed by atoms with van der Waals surface area (Å²) in [6.45, 7) is 7.90. The molecule has 0 bridgehead atoms. The van der Waals surface area contributed by atoms with Gasteiger partial charge in [-0.05, 0) is 31.1 Å². The topological polar surface area (TPSA) is 43.4 Å². The third kappa shape index (κ3) is 1.92. The van der Waals surface area contributed by atoms with Crippen LogP contribution in [0.1, 0.15) is 40.5 Å². The highest BCUT2D eigenvalue weighted by Gasteiger charge is 2.57. The maximum atomic E-state index is 11.6. The molecule has 0 saturated heterocycles. The predicted octanol–water partition coefficient (Wildman–Crippen LogP) is 2.19. The largest absolute Gasteiger partial charge is 0.468 e. The quantitative estimate of drug-likeness (QED) is 0.520. The number of ketones is 1. The number of esters is 1. The van der Waals surface area contributed by atoms with Gasteiger partial charge in [-0.1, -0.05) is 20.8 Å². The third-order valence-corrected chi connectivity index (χ3v) is 3.66. The fraction of sp³-hybridized carbons (Fsp3) is 0.833. The Morgan fingerprint density at radius 3 is 2.00 bits per heavy atom. The van der Waals surface area contributed by atoms with Crippen LogP contribution >= 0.6 is 0 Å². The van der Waals surface area contributed by atoms with Crippen LogP contribution in [-0.2, 0) is 14.3 Å². The van der Waals surface area contributed by atoms with Gasteiger partial charge in [0.15, 0.2) is 0 Å². The number of carbonyl (C=O) groups excluding carboxylic acids is 2. The summed E-state index contributed by atoms with van der Waals surface area (Å²) in [6, 6.07) is 0. The van der Waals surface area contributed by atoms with E-state index in [4.69, 9.17) is 4.74 Å². The lowest BCUT2D eigenvalue weighted by Gasteiger charge is -2.49. The van der Waals surface area contributed by atoms with Crippen molar-refractivity contribution in [3.8, 4) is 0 Å². The number of carbonyl (C=O) groups is 2. The van der Waals surface area contributed by atoms with E-state index in [0.717, 1.165) is 0 Å². The van der Waals surface area contributed by atoms with E-state index in [-0.39, 0.29) is 17.2 Å². The smallest absolute Gasteiger partial charge is 0.319 e. The molecule has 3 nitrogen and oxygen atoms in total. The molecule has 0 amide bonds. The van der Waals surface area contributed by atoms with Gasteiger partial charge < -0.3 is 4.74 Å². The molecule has 0 N–H and O–H groups in total. The van der Waals surface area contributed by atoms with E-state index in [0.29, 0.717) is 18.8 Å². The van der Waals surface area contributed by atoms with Gasteiger partial charge >= 0.3 is 5.97 Å². The number of Topliss-reactive ketones (excluding diaryl/α,β-unsaturated/α-hetero) is 1. The van der Waals surface area contributed by atoms with Gasteiger partial charge in [0, 0.05) is 0 Å². The van der Waals surface area contributed by atoms with Crippen LogP contribution in [0.25, 0.3) is 0 Å². The average molecular weight is 212 g/mol. The number of hydrogen-bond donors (Lipinski definition) is 0. The molecule has 0 atom stereocenters. The molecule has 0 aromatic rings. The van der Waals surface area contributed by atoms with Crippen molar-refractivity contribution in [1.29, 1.82) is 0 Å². The van der Waals surface area contributed by atoms with Gasteiger partial charge in [-0.2, -0.15) is 0 Å². The molecule has 1 aliphatic rings. The summed E-state index contributed by atoms with van der Waals surface area (Å²) in [7, 11) is 1.34. The summed E-state index contributed by atoms with van der Waals surface area (Å²) in [5.74, 6) is 0.00542.